The lowest BCUT2D eigenvalue weighted by molar-refractivity contribution is -0.134. The monoisotopic (exact) mass is 270 g/mol. The SMILES string of the molecule is CC(C)(C)c1ccc(C2CCC(=O)NC2=O)c(C#N)c1. The Bertz CT molecular complexity index is 606. The second-order valence-electron chi connectivity index (χ2n) is 6.17. The zero-order valence-electron chi connectivity index (χ0n) is 12.0. The summed E-state index contributed by atoms with van der Waals surface area (Å²) in [5.41, 5.74) is 2.25. The number of nitriles is 1. The number of hydrogen-bond acceptors (Lipinski definition) is 3. The van der Waals surface area contributed by atoms with Crippen molar-refractivity contribution in [2.24, 2.45) is 0 Å². The van der Waals surface area contributed by atoms with Gasteiger partial charge >= 0.3 is 0 Å². The molecule has 1 aliphatic rings. The number of benzene rings is 1. The lowest BCUT2D eigenvalue weighted by Gasteiger charge is -2.24. The molecule has 0 bridgehead atoms. The fourth-order valence-corrected chi connectivity index (χ4v) is 2.41. The van der Waals surface area contributed by atoms with Gasteiger partial charge in [-0.25, -0.2) is 0 Å². The van der Waals surface area contributed by atoms with Crippen LogP contribution in [0.25, 0.3) is 0 Å². The van der Waals surface area contributed by atoms with E-state index in [1.54, 1.807) is 0 Å². The van der Waals surface area contributed by atoms with E-state index in [9.17, 15) is 14.9 Å². The van der Waals surface area contributed by atoms with Crippen molar-refractivity contribution in [1.29, 1.82) is 5.26 Å². The van der Waals surface area contributed by atoms with E-state index < -0.39 is 5.92 Å². The molecule has 1 N–H and O–H groups in total. The van der Waals surface area contributed by atoms with Crippen molar-refractivity contribution in [2.75, 3.05) is 0 Å². The number of piperidine rings is 1. The molecule has 1 fully saturated rings. The second kappa shape index (κ2) is 5.09. The van der Waals surface area contributed by atoms with Gasteiger partial charge in [-0.2, -0.15) is 5.26 Å². The normalized spacial score (nSPS) is 19.4. The molecule has 2 rings (SSSR count). The Morgan fingerprint density at radius 2 is 2.00 bits per heavy atom. The van der Waals surface area contributed by atoms with Gasteiger partial charge in [0.25, 0.3) is 0 Å². The van der Waals surface area contributed by atoms with E-state index in [1.165, 1.54) is 0 Å². The highest BCUT2D eigenvalue weighted by Gasteiger charge is 2.30. The molecule has 1 aliphatic heterocycles. The average molecular weight is 270 g/mol. The van der Waals surface area contributed by atoms with Crippen LogP contribution in [0, 0.1) is 11.3 Å². The highest BCUT2D eigenvalue weighted by Crippen LogP contribution is 2.31. The Morgan fingerprint density at radius 3 is 2.55 bits per heavy atom. The van der Waals surface area contributed by atoms with Crippen molar-refractivity contribution in [1.82, 2.24) is 5.32 Å². The van der Waals surface area contributed by atoms with Gasteiger partial charge < -0.3 is 0 Å². The van der Waals surface area contributed by atoms with Crippen LogP contribution in [-0.4, -0.2) is 11.8 Å². The molecule has 1 unspecified atom stereocenters. The molecule has 4 nitrogen and oxygen atoms in total. The van der Waals surface area contributed by atoms with E-state index in [1.807, 2.05) is 18.2 Å². The molecule has 0 radical (unpaired) electrons. The molecule has 0 aliphatic carbocycles. The van der Waals surface area contributed by atoms with Gasteiger partial charge in [-0.3, -0.25) is 14.9 Å². The molecule has 1 aromatic rings. The van der Waals surface area contributed by atoms with Gasteiger partial charge in [-0.05, 0) is 29.0 Å². The minimum atomic E-state index is -0.406. The van der Waals surface area contributed by atoms with Crippen molar-refractivity contribution in [3.05, 3.63) is 34.9 Å². The maximum Gasteiger partial charge on any atom is 0.234 e. The van der Waals surface area contributed by atoms with Gasteiger partial charge in [0.2, 0.25) is 11.8 Å². The third-order valence-electron chi connectivity index (χ3n) is 3.65. The molecule has 2 amide bonds. The summed E-state index contributed by atoms with van der Waals surface area (Å²) < 4.78 is 0. The molecule has 1 heterocycles. The van der Waals surface area contributed by atoms with E-state index in [2.05, 4.69) is 32.2 Å². The van der Waals surface area contributed by atoms with Gasteiger partial charge in [0.15, 0.2) is 0 Å². The first-order valence-corrected chi connectivity index (χ1v) is 6.71. The number of carbonyl (C=O) groups excluding carboxylic acids is 2. The predicted molar refractivity (Wildman–Crippen MR) is 75.0 cm³/mol. The third kappa shape index (κ3) is 2.72. The summed E-state index contributed by atoms with van der Waals surface area (Å²) in [6.45, 7) is 6.24. The third-order valence-corrected chi connectivity index (χ3v) is 3.65. The Hall–Kier alpha value is -2.15. The fraction of sp³-hybridized carbons (Fsp3) is 0.438. The van der Waals surface area contributed by atoms with Crippen LogP contribution >= 0.6 is 0 Å². The first-order chi connectivity index (χ1) is 9.32. The predicted octanol–water partition coefficient (Wildman–Crippen LogP) is 2.38. The highest BCUT2D eigenvalue weighted by atomic mass is 16.2. The van der Waals surface area contributed by atoms with Gasteiger partial charge in [-0.15, -0.1) is 0 Å². The zero-order valence-corrected chi connectivity index (χ0v) is 12.0. The van der Waals surface area contributed by atoms with Gasteiger partial charge in [0, 0.05) is 6.42 Å². The number of hydrogen-bond donors (Lipinski definition) is 1. The van der Waals surface area contributed by atoms with Gasteiger partial charge in [0.1, 0.15) is 0 Å². The number of amides is 2. The number of imide groups is 1. The summed E-state index contributed by atoms with van der Waals surface area (Å²) in [6, 6.07) is 7.82. The molecule has 1 saturated heterocycles. The maximum atomic E-state index is 11.9. The number of nitrogens with zero attached hydrogens (tertiary/aromatic N) is 1. The summed E-state index contributed by atoms with van der Waals surface area (Å²) in [7, 11) is 0. The van der Waals surface area contributed by atoms with E-state index in [0.717, 1.165) is 5.56 Å². The quantitative estimate of drug-likeness (QED) is 0.796. The minimum Gasteiger partial charge on any atom is -0.296 e. The Balaban J connectivity index is 2.41. The summed E-state index contributed by atoms with van der Waals surface area (Å²) in [5, 5.41) is 11.7. The van der Waals surface area contributed by atoms with Crippen LogP contribution in [0.5, 0.6) is 0 Å². The average Bonchev–Trinajstić information content (AvgIpc) is 2.37. The zero-order chi connectivity index (χ0) is 14.9. The molecule has 4 heteroatoms. The van der Waals surface area contributed by atoms with Crippen LogP contribution in [0.15, 0.2) is 18.2 Å². The van der Waals surface area contributed by atoms with Crippen LogP contribution in [0.4, 0.5) is 0 Å². The smallest absolute Gasteiger partial charge is 0.234 e. The summed E-state index contributed by atoms with van der Waals surface area (Å²) in [5.74, 6) is -0.950. The molecular formula is C16H18N2O2. The van der Waals surface area contributed by atoms with E-state index in [4.69, 9.17) is 0 Å². The van der Waals surface area contributed by atoms with Crippen LogP contribution in [0.3, 0.4) is 0 Å². The second-order valence-corrected chi connectivity index (χ2v) is 6.17. The first-order valence-electron chi connectivity index (χ1n) is 6.71. The lowest BCUT2D eigenvalue weighted by Crippen LogP contribution is -2.39. The van der Waals surface area contributed by atoms with Crippen molar-refractivity contribution in [3.8, 4) is 6.07 Å². The maximum absolute atomic E-state index is 11.9. The first kappa shape index (κ1) is 14.3. The largest absolute Gasteiger partial charge is 0.296 e. The highest BCUT2D eigenvalue weighted by molar-refractivity contribution is 6.01. The van der Waals surface area contributed by atoms with E-state index in [0.29, 0.717) is 24.0 Å². The molecule has 1 atom stereocenters. The Labute approximate surface area is 118 Å². The molecular weight excluding hydrogens is 252 g/mol. The van der Waals surface area contributed by atoms with Crippen LogP contribution < -0.4 is 5.32 Å². The lowest BCUT2D eigenvalue weighted by atomic mass is 9.82. The van der Waals surface area contributed by atoms with Crippen LogP contribution in [0.2, 0.25) is 0 Å². The fourth-order valence-electron chi connectivity index (χ4n) is 2.41. The number of rotatable bonds is 1. The number of carbonyl (C=O) groups is 2. The molecule has 104 valence electrons. The van der Waals surface area contributed by atoms with Gasteiger partial charge in [-0.1, -0.05) is 32.9 Å². The van der Waals surface area contributed by atoms with Crippen LogP contribution in [-0.2, 0) is 15.0 Å². The summed E-state index contributed by atoms with van der Waals surface area (Å²) in [6.07, 6.45) is 0.788. The molecule has 0 saturated carbocycles. The Kier molecular flexibility index (Phi) is 3.63. The van der Waals surface area contributed by atoms with Crippen molar-refractivity contribution in [3.63, 3.8) is 0 Å². The molecule has 20 heavy (non-hydrogen) atoms. The van der Waals surface area contributed by atoms with Crippen molar-refractivity contribution in [2.45, 2.75) is 44.9 Å². The minimum absolute atomic E-state index is 0.0467. The topological polar surface area (TPSA) is 70.0 Å². The summed E-state index contributed by atoms with van der Waals surface area (Å²) >= 11 is 0. The number of nitrogens with one attached hydrogen (secondary N) is 1. The van der Waals surface area contributed by atoms with Crippen molar-refractivity contribution >= 4 is 11.8 Å². The van der Waals surface area contributed by atoms with Gasteiger partial charge in [0.05, 0.1) is 17.6 Å². The Morgan fingerprint density at radius 1 is 1.30 bits per heavy atom. The van der Waals surface area contributed by atoms with Crippen molar-refractivity contribution < 1.29 is 9.59 Å². The molecule has 1 aromatic carbocycles. The van der Waals surface area contributed by atoms with Crippen LogP contribution in [0.1, 0.15) is 56.2 Å². The van der Waals surface area contributed by atoms with E-state index >= 15 is 0 Å². The summed E-state index contributed by atoms with van der Waals surface area (Å²) in [4.78, 5) is 23.1. The molecule has 0 aromatic heterocycles. The standard InChI is InChI=1S/C16H18N2O2/c1-16(2,3)11-4-5-12(10(8-11)9-17)13-6-7-14(19)18-15(13)20/h4-5,8,13H,6-7H2,1-3H3,(H,18,19,20). The van der Waals surface area contributed by atoms with E-state index in [-0.39, 0.29) is 17.2 Å². The molecule has 0 spiro atoms.